The van der Waals surface area contributed by atoms with E-state index >= 15 is 0 Å². The number of amides is 1. The van der Waals surface area contributed by atoms with Gasteiger partial charge in [-0.1, -0.05) is 0 Å². The molecule has 2 heterocycles. The van der Waals surface area contributed by atoms with Gasteiger partial charge in [-0.05, 0) is 37.1 Å². The van der Waals surface area contributed by atoms with Crippen LogP contribution in [-0.2, 0) is 14.1 Å². The van der Waals surface area contributed by atoms with Crippen molar-refractivity contribution in [3.05, 3.63) is 56.9 Å². The second kappa shape index (κ2) is 7.69. The Kier molecular flexibility index (Phi) is 5.34. The lowest BCUT2D eigenvalue weighted by Crippen LogP contribution is -2.48. The number of nitrogens with one attached hydrogen (secondary N) is 1. The van der Waals surface area contributed by atoms with Crippen molar-refractivity contribution >= 4 is 11.6 Å². The molecule has 0 spiro atoms. The van der Waals surface area contributed by atoms with Gasteiger partial charge in [-0.25, -0.2) is 4.79 Å². The Morgan fingerprint density at radius 2 is 1.85 bits per heavy atom. The molecule has 1 aromatic carbocycles. The molecule has 1 atom stereocenters. The van der Waals surface area contributed by atoms with Crippen molar-refractivity contribution in [2.45, 2.75) is 18.9 Å². The summed E-state index contributed by atoms with van der Waals surface area (Å²) in [4.78, 5) is 38.6. The van der Waals surface area contributed by atoms with Crippen LogP contribution >= 0.6 is 0 Å². The summed E-state index contributed by atoms with van der Waals surface area (Å²) < 4.78 is 7.37. The van der Waals surface area contributed by atoms with Crippen LogP contribution in [0.15, 0.2) is 39.9 Å². The quantitative estimate of drug-likeness (QED) is 0.858. The van der Waals surface area contributed by atoms with Crippen molar-refractivity contribution in [2.24, 2.45) is 14.1 Å². The molecule has 1 amide bonds. The summed E-state index contributed by atoms with van der Waals surface area (Å²) in [5, 5.41) is 3.43. The molecular formula is C19H24N4O4. The first kappa shape index (κ1) is 18.8. The zero-order chi connectivity index (χ0) is 19.6. The Labute approximate surface area is 157 Å². The molecular weight excluding hydrogens is 348 g/mol. The molecule has 1 N–H and O–H groups in total. The van der Waals surface area contributed by atoms with Gasteiger partial charge in [-0.15, -0.1) is 0 Å². The van der Waals surface area contributed by atoms with Gasteiger partial charge in [0.1, 0.15) is 11.4 Å². The fourth-order valence-corrected chi connectivity index (χ4v) is 3.30. The van der Waals surface area contributed by atoms with Gasteiger partial charge < -0.3 is 15.0 Å². The number of rotatable bonds is 4. The predicted molar refractivity (Wildman–Crippen MR) is 102 cm³/mol. The summed E-state index contributed by atoms with van der Waals surface area (Å²) in [5.74, 6) is 0.487. The SMILES string of the molecule is COc1ccc(NC2CCCN(C(=O)c3cc(=O)n(C)c(=O)n3C)C2)cc1. The van der Waals surface area contributed by atoms with Gasteiger partial charge in [0.05, 0.1) is 7.11 Å². The minimum atomic E-state index is -0.504. The van der Waals surface area contributed by atoms with Crippen LogP contribution in [0.2, 0.25) is 0 Å². The van der Waals surface area contributed by atoms with Crippen LogP contribution < -0.4 is 21.3 Å². The molecule has 1 unspecified atom stereocenters. The average molecular weight is 372 g/mol. The van der Waals surface area contributed by atoms with Crippen molar-refractivity contribution in [1.29, 1.82) is 0 Å². The fourth-order valence-electron chi connectivity index (χ4n) is 3.30. The molecule has 0 bridgehead atoms. The molecule has 1 aromatic heterocycles. The molecule has 1 fully saturated rings. The van der Waals surface area contributed by atoms with Gasteiger partial charge >= 0.3 is 5.69 Å². The van der Waals surface area contributed by atoms with Gasteiger partial charge in [0.15, 0.2) is 0 Å². The molecule has 2 aromatic rings. The lowest BCUT2D eigenvalue weighted by Gasteiger charge is -2.34. The minimum absolute atomic E-state index is 0.0969. The summed E-state index contributed by atoms with van der Waals surface area (Å²) in [6.45, 7) is 1.11. The van der Waals surface area contributed by atoms with Crippen molar-refractivity contribution in [2.75, 3.05) is 25.5 Å². The molecule has 8 heteroatoms. The normalized spacial score (nSPS) is 16.9. The Morgan fingerprint density at radius 1 is 1.15 bits per heavy atom. The van der Waals surface area contributed by atoms with Gasteiger partial charge in [0.25, 0.3) is 11.5 Å². The van der Waals surface area contributed by atoms with E-state index in [1.807, 2.05) is 24.3 Å². The largest absolute Gasteiger partial charge is 0.497 e. The highest BCUT2D eigenvalue weighted by Gasteiger charge is 2.26. The highest BCUT2D eigenvalue weighted by molar-refractivity contribution is 5.92. The Hall–Kier alpha value is -3.03. The second-order valence-corrected chi connectivity index (χ2v) is 6.73. The van der Waals surface area contributed by atoms with Crippen molar-refractivity contribution in [3.8, 4) is 5.75 Å². The van der Waals surface area contributed by atoms with Crippen molar-refractivity contribution in [1.82, 2.24) is 14.0 Å². The van der Waals surface area contributed by atoms with Crippen LogP contribution in [0.1, 0.15) is 23.3 Å². The van der Waals surface area contributed by atoms with Crippen molar-refractivity contribution < 1.29 is 9.53 Å². The van der Waals surface area contributed by atoms with E-state index in [2.05, 4.69) is 5.32 Å². The van der Waals surface area contributed by atoms with E-state index in [-0.39, 0.29) is 17.6 Å². The summed E-state index contributed by atoms with van der Waals surface area (Å²) >= 11 is 0. The van der Waals surface area contributed by atoms with E-state index in [0.717, 1.165) is 28.8 Å². The number of hydrogen-bond donors (Lipinski definition) is 1. The Bertz CT molecular complexity index is 946. The molecule has 8 nitrogen and oxygen atoms in total. The Morgan fingerprint density at radius 3 is 2.52 bits per heavy atom. The molecule has 1 aliphatic rings. The molecule has 1 aliphatic heterocycles. The minimum Gasteiger partial charge on any atom is -0.497 e. The number of hydrogen-bond acceptors (Lipinski definition) is 5. The average Bonchev–Trinajstić information content (AvgIpc) is 2.69. The summed E-state index contributed by atoms with van der Waals surface area (Å²) in [7, 11) is 4.53. The molecule has 144 valence electrons. The third-order valence-electron chi connectivity index (χ3n) is 4.91. The highest BCUT2D eigenvalue weighted by atomic mass is 16.5. The monoisotopic (exact) mass is 372 g/mol. The standard InChI is InChI=1S/C19H24N4O4/c1-21-16(11-17(24)22(2)19(21)26)18(25)23-10-4-5-14(12-23)20-13-6-8-15(27-3)9-7-13/h6-9,11,14,20H,4-5,10,12H2,1-3H3. The maximum Gasteiger partial charge on any atom is 0.331 e. The number of piperidine rings is 1. The smallest absolute Gasteiger partial charge is 0.331 e. The molecule has 0 radical (unpaired) electrons. The van der Waals surface area contributed by atoms with E-state index < -0.39 is 11.2 Å². The number of aromatic nitrogens is 2. The van der Waals surface area contributed by atoms with Crippen LogP contribution in [0.4, 0.5) is 5.69 Å². The summed E-state index contributed by atoms with van der Waals surface area (Å²) in [5.41, 5.74) is 0.0893. The summed E-state index contributed by atoms with van der Waals surface area (Å²) in [6.07, 6.45) is 1.78. The van der Waals surface area contributed by atoms with Crippen LogP contribution in [0, 0.1) is 0 Å². The number of methoxy groups -OCH3 is 1. The molecule has 0 saturated carbocycles. The van der Waals surface area contributed by atoms with E-state index in [4.69, 9.17) is 4.74 Å². The number of benzene rings is 1. The zero-order valence-corrected chi connectivity index (χ0v) is 15.8. The number of ether oxygens (including phenoxy) is 1. The van der Waals surface area contributed by atoms with Gasteiger partial charge in [0.2, 0.25) is 0 Å². The van der Waals surface area contributed by atoms with Crippen molar-refractivity contribution in [3.63, 3.8) is 0 Å². The first-order valence-corrected chi connectivity index (χ1v) is 8.87. The zero-order valence-electron chi connectivity index (χ0n) is 15.8. The van der Waals surface area contributed by atoms with E-state index in [9.17, 15) is 14.4 Å². The maximum atomic E-state index is 12.9. The molecule has 27 heavy (non-hydrogen) atoms. The van der Waals surface area contributed by atoms with Gasteiger partial charge in [-0.2, -0.15) is 0 Å². The Balaban J connectivity index is 1.75. The third-order valence-corrected chi connectivity index (χ3v) is 4.91. The van der Waals surface area contributed by atoms with Gasteiger partial charge in [0, 0.05) is 45.0 Å². The van der Waals surface area contributed by atoms with Crippen LogP contribution in [0.5, 0.6) is 5.75 Å². The maximum absolute atomic E-state index is 12.9. The highest BCUT2D eigenvalue weighted by Crippen LogP contribution is 2.20. The lowest BCUT2D eigenvalue weighted by molar-refractivity contribution is 0.0702. The second-order valence-electron chi connectivity index (χ2n) is 6.73. The molecule has 3 rings (SSSR count). The van der Waals surface area contributed by atoms with E-state index in [0.29, 0.717) is 13.1 Å². The number of anilines is 1. The van der Waals surface area contributed by atoms with E-state index in [1.54, 1.807) is 12.0 Å². The molecule has 0 aliphatic carbocycles. The van der Waals surface area contributed by atoms with E-state index in [1.165, 1.54) is 24.7 Å². The number of carbonyl (C=O) groups is 1. The number of carbonyl (C=O) groups excluding carboxylic acids is 1. The summed E-state index contributed by atoms with van der Waals surface area (Å²) in [6, 6.07) is 8.95. The first-order valence-electron chi connectivity index (χ1n) is 8.87. The van der Waals surface area contributed by atoms with Crippen LogP contribution in [0.3, 0.4) is 0 Å². The van der Waals surface area contributed by atoms with Crippen LogP contribution in [0.25, 0.3) is 0 Å². The van der Waals surface area contributed by atoms with Crippen LogP contribution in [-0.4, -0.2) is 46.2 Å². The number of nitrogens with zero attached hydrogens (tertiary/aromatic N) is 3. The fraction of sp³-hybridized carbons (Fsp3) is 0.421. The first-order chi connectivity index (χ1) is 12.9. The number of likely N-dealkylation sites (tertiary alicyclic amines) is 1. The topological polar surface area (TPSA) is 85.6 Å². The predicted octanol–water partition coefficient (Wildman–Crippen LogP) is 0.809. The third kappa shape index (κ3) is 3.89. The van der Waals surface area contributed by atoms with Gasteiger partial charge in [-0.3, -0.25) is 18.7 Å². The molecule has 1 saturated heterocycles. The lowest BCUT2D eigenvalue weighted by atomic mass is 10.0.